The zero-order valence-corrected chi connectivity index (χ0v) is 14.5. The van der Waals surface area contributed by atoms with E-state index in [2.05, 4.69) is 24.8 Å². The molecule has 0 bridgehead atoms. The van der Waals surface area contributed by atoms with Crippen LogP contribution in [0.5, 0.6) is 0 Å². The molecule has 1 saturated carbocycles. The van der Waals surface area contributed by atoms with Gasteiger partial charge in [-0.05, 0) is 43.4 Å². The molecule has 0 atom stereocenters. The molecule has 4 heteroatoms. The van der Waals surface area contributed by atoms with Gasteiger partial charge in [0, 0.05) is 28.9 Å². The number of thiocarbonyl (C=S) groups is 1. The van der Waals surface area contributed by atoms with Gasteiger partial charge in [-0.3, -0.25) is 0 Å². The van der Waals surface area contributed by atoms with Crippen molar-refractivity contribution >= 4 is 34.5 Å². The van der Waals surface area contributed by atoms with Crippen LogP contribution in [0.4, 0.5) is 5.69 Å². The largest absolute Gasteiger partial charge is 0.389 e. The minimum atomic E-state index is 0.431. The van der Waals surface area contributed by atoms with Crippen LogP contribution in [0, 0.1) is 5.92 Å². The highest BCUT2D eigenvalue weighted by atomic mass is 35.5. The molecule has 0 aliphatic heterocycles. The summed E-state index contributed by atoms with van der Waals surface area (Å²) < 4.78 is 0. The van der Waals surface area contributed by atoms with Crippen molar-refractivity contribution in [2.75, 3.05) is 11.4 Å². The van der Waals surface area contributed by atoms with Crippen LogP contribution in [0.25, 0.3) is 0 Å². The molecule has 0 unspecified atom stereocenters. The second-order valence-corrected chi connectivity index (χ2v) is 7.22. The fourth-order valence-corrected chi connectivity index (χ4v) is 3.40. The molecule has 0 aromatic heterocycles. The van der Waals surface area contributed by atoms with Gasteiger partial charge in [-0.2, -0.15) is 0 Å². The molecule has 1 fully saturated rings. The van der Waals surface area contributed by atoms with E-state index in [1.165, 1.54) is 32.1 Å². The number of rotatable bonds is 6. The Morgan fingerprint density at radius 1 is 1.38 bits per heavy atom. The minimum absolute atomic E-state index is 0.431. The maximum absolute atomic E-state index is 6.12. The molecule has 1 aliphatic carbocycles. The first-order valence-electron chi connectivity index (χ1n) is 7.85. The number of benzene rings is 1. The van der Waals surface area contributed by atoms with E-state index >= 15 is 0 Å². The Kier molecular flexibility index (Phi) is 5.88. The van der Waals surface area contributed by atoms with Crippen LogP contribution in [-0.2, 0) is 0 Å². The lowest BCUT2D eigenvalue weighted by atomic mass is 10.1. The van der Waals surface area contributed by atoms with E-state index in [0.29, 0.717) is 22.0 Å². The molecule has 21 heavy (non-hydrogen) atoms. The molecule has 0 amide bonds. The van der Waals surface area contributed by atoms with Crippen molar-refractivity contribution < 1.29 is 0 Å². The van der Waals surface area contributed by atoms with Crippen molar-refractivity contribution in [2.24, 2.45) is 11.7 Å². The van der Waals surface area contributed by atoms with Gasteiger partial charge in [0.25, 0.3) is 0 Å². The molecule has 1 aliphatic rings. The first kappa shape index (κ1) is 16.6. The first-order valence-corrected chi connectivity index (χ1v) is 8.63. The Balaban J connectivity index is 2.32. The van der Waals surface area contributed by atoms with Crippen LogP contribution in [0.15, 0.2) is 18.2 Å². The quantitative estimate of drug-likeness (QED) is 0.764. The van der Waals surface area contributed by atoms with Gasteiger partial charge >= 0.3 is 0 Å². The summed E-state index contributed by atoms with van der Waals surface area (Å²) in [7, 11) is 0. The van der Waals surface area contributed by atoms with Crippen molar-refractivity contribution in [1.29, 1.82) is 0 Å². The summed E-state index contributed by atoms with van der Waals surface area (Å²) in [5.41, 5.74) is 7.98. The summed E-state index contributed by atoms with van der Waals surface area (Å²) in [5.74, 6) is 0.689. The summed E-state index contributed by atoms with van der Waals surface area (Å²) in [4.78, 5) is 2.94. The van der Waals surface area contributed by atoms with E-state index in [4.69, 9.17) is 29.6 Å². The standard InChI is InChI=1S/C17H25ClN2S/c1-12(2)9-10-20(14-5-3-4-6-14)16-8-7-13(18)11-15(16)17(19)21/h7-8,11-12,14H,3-6,9-10H2,1-2H3,(H2,19,21). The van der Waals surface area contributed by atoms with Crippen LogP contribution in [-0.4, -0.2) is 17.6 Å². The fraction of sp³-hybridized carbons (Fsp3) is 0.588. The van der Waals surface area contributed by atoms with Crippen LogP contribution in [0.3, 0.4) is 0 Å². The molecule has 1 aromatic rings. The number of halogens is 1. The van der Waals surface area contributed by atoms with Gasteiger partial charge in [0.1, 0.15) is 4.99 Å². The molecule has 1 aromatic carbocycles. The zero-order chi connectivity index (χ0) is 15.4. The maximum atomic E-state index is 6.12. The second kappa shape index (κ2) is 7.46. The number of anilines is 1. The highest BCUT2D eigenvalue weighted by molar-refractivity contribution is 7.80. The molecule has 0 saturated heterocycles. The smallest absolute Gasteiger partial charge is 0.106 e. The predicted octanol–water partition coefficient (Wildman–Crippen LogP) is 4.77. The summed E-state index contributed by atoms with van der Waals surface area (Å²) in [6.45, 7) is 5.59. The third kappa shape index (κ3) is 4.33. The van der Waals surface area contributed by atoms with Gasteiger partial charge < -0.3 is 10.6 Å². The topological polar surface area (TPSA) is 29.3 Å². The minimum Gasteiger partial charge on any atom is -0.389 e. The monoisotopic (exact) mass is 324 g/mol. The number of hydrogen-bond donors (Lipinski definition) is 1. The molecule has 2 N–H and O–H groups in total. The number of nitrogens with two attached hydrogens (primary N) is 1. The van der Waals surface area contributed by atoms with Crippen molar-refractivity contribution in [1.82, 2.24) is 0 Å². The normalized spacial score (nSPS) is 15.6. The van der Waals surface area contributed by atoms with Gasteiger partial charge in [0.05, 0.1) is 0 Å². The van der Waals surface area contributed by atoms with Crippen LogP contribution >= 0.6 is 23.8 Å². The fourth-order valence-electron chi connectivity index (χ4n) is 3.07. The van der Waals surface area contributed by atoms with Crippen molar-refractivity contribution in [3.63, 3.8) is 0 Å². The Labute approximate surface area is 138 Å². The molecule has 2 nitrogen and oxygen atoms in total. The van der Waals surface area contributed by atoms with Gasteiger partial charge in [-0.15, -0.1) is 0 Å². The van der Waals surface area contributed by atoms with Crippen molar-refractivity contribution in [2.45, 2.75) is 52.0 Å². The lowest BCUT2D eigenvalue weighted by molar-refractivity contribution is 0.528. The van der Waals surface area contributed by atoms with Crippen LogP contribution in [0.2, 0.25) is 5.02 Å². The van der Waals surface area contributed by atoms with E-state index in [9.17, 15) is 0 Å². The summed E-state index contributed by atoms with van der Waals surface area (Å²) >= 11 is 11.4. The van der Waals surface area contributed by atoms with E-state index in [1.54, 1.807) is 0 Å². The Morgan fingerprint density at radius 3 is 2.62 bits per heavy atom. The average molecular weight is 325 g/mol. The van der Waals surface area contributed by atoms with Gasteiger partial charge in [0.15, 0.2) is 0 Å². The zero-order valence-electron chi connectivity index (χ0n) is 12.9. The van der Waals surface area contributed by atoms with Crippen molar-refractivity contribution in [3.05, 3.63) is 28.8 Å². The Hall–Kier alpha value is -0.800. The van der Waals surface area contributed by atoms with E-state index in [1.807, 2.05) is 12.1 Å². The molecular formula is C17H25ClN2S. The number of nitrogens with zero attached hydrogens (tertiary/aromatic N) is 1. The third-order valence-corrected chi connectivity index (χ3v) is 4.70. The second-order valence-electron chi connectivity index (χ2n) is 6.34. The van der Waals surface area contributed by atoms with E-state index in [-0.39, 0.29) is 0 Å². The molecule has 0 radical (unpaired) electrons. The Morgan fingerprint density at radius 2 is 2.05 bits per heavy atom. The molecular weight excluding hydrogens is 300 g/mol. The lowest BCUT2D eigenvalue weighted by Crippen LogP contribution is -2.36. The SMILES string of the molecule is CC(C)CCN(c1ccc(Cl)cc1C(N)=S)C1CCCC1. The van der Waals surface area contributed by atoms with Crippen LogP contribution in [0.1, 0.15) is 51.5 Å². The van der Waals surface area contributed by atoms with E-state index in [0.717, 1.165) is 17.8 Å². The molecule has 2 rings (SSSR count). The molecule has 0 spiro atoms. The highest BCUT2D eigenvalue weighted by Crippen LogP contribution is 2.32. The van der Waals surface area contributed by atoms with Gasteiger partial charge in [-0.1, -0.05) is 50.5 Å². The van der Waals surface area contributed by atoms with Crippen molar-refractivity contribution in [3.8, 4) is 0 Å². The van der Waals surface area contributed by atoms with E-state index < -0.39 is 0 Å². The first-order chi connectivity index (χ1) is 9.99. The Bertz CT molecular complexity index is 496. The van der Waals surface area contributed by atoms with Gasteiger partial charge in [0.2, 0.25) is 0 Å². The summed E-state index contributed by atoms with van der Waals surface area (Å²) in [5, 5.41) is 0.691. The maximum Gasteiger partial charge on any atom is 0.106 e. The van der Waals surface area contributed by atoms with Crippen LogP contribution < -0.4 is 10.6 Å². The number of hydrogen-bond acceptors (Lipinski definition) is 2. The lowest BCUT2D eigenvalue weighted by Gasteiger charge is -2.33. The molecule has 116 valence electrons. The average Bonchev–Trinajstić information content (AvgIpc) is 2.93. The predicted molar refractivity (Wildman–Crippen MR) is 96.4 cm³/mol. The summed E-state index contributed by atoms with van der Waals surface area (Å²) in [6, 6.07) is 6.53. The highest BCUT2D eigenvalue weighted by Gasteiger charge is 2.25. The van der Waals surface area contributed by atoms with Gasteiger partial charge in [-0.25, -0.2) is 0 Å². The molecule has 0 heterocycles. The third-order valence-electron chi connectivity index (χ3n) is 4.25. The summed E-state index contributed by atoms with van der Waals surface area (Å²) in [6.07, 6.45) is 6.34.